The minimum atomic E-state index is -0.0857. The van der Waals surface area contributed by atoms with Crippen LogP contribution in [0.15, 0.2) is 18.2 Å². The number of carbonyl (C=O) groups is 1. The Hall–Kier alpha value is -1.55. The molecule has 1 amide bonds. The van der Waals surface area contributed by atoms with Crippen LogP contribution >= 0.6 is 0 Å². The predicted molar refractivity (Wildman–Crippen MR) is 74.3 cm³/mol. The molecular weight excluding hydrogens is 240 g/mol. The third-order valence-corrected chi connectivity index (χ3v) is 4.30. The van der Waals surface area contributed by atoms with E-state index in [1.165, 1.54) is 12.0 Å². The van der Waals surface area contributed by atoms with Crippen LogP contribution in [0.4, 0.5) is 5.69 Å². The van der Waals surface area contributed by atoms with E-state index >= 15 is 0 Å². The van der Waals surface area contributed by atoms with Crippen molar-refractivity contribution in [1.82, 2.24) is 5.32 Å². The van der Waals surface area contributed by atoms with E-state index in [1.54, 1.807) is 0 Å². The van der Waals surface area contributed by atoms with E-state index in [9.17, 15) is 4.79 Å². The van der Waals surface area contributed by atoms with Gasteiger partial charge < -0.3 is 15.4 Å². The average Bonchev–Trinajstić information content (AvgIpc) is 2.98. The summed E-state index contributed by atoms with van der Waals surface area (Å²) in [5, 5.41) is 6.27. The fourth-order valence-electron chi connectivity index (χ4n) is 2.97. The first-order chi connectivity index (χ1) is 9.01. The summed E-state index contributed by atoms with van der Waals surface area (Å²) < 4.78 is 5.39. The molecule has 2 N–H and O–H groups in total. The van der Waals surface area contributed by atoms with Crippen molar-refractivity contribution in [2.45, 2.75) is 26.3 Å². The summed E-state index contributed by atoms with van der Waals surface area (Å²) in [4.78, 5) is 11.4. The van der Waals surface area contributed by atoms with E-state index in [2.05, 4.69) is 30.5 Å². The lowest BCUT2D eigenvalue weighted by atomic mass is 9.96. The molecule has 0 spiro atoms. The molecule has 2 unspecified atom stereocenters. The highest BCUT2D eigenvalue weighted by Crippen LogP contribution is 2.57. The van der Waals surface area contributed by atoms with Crippen LogP contribution in [0, 0.1) is 11.3 Å². The standard InChI is InChI=1S/C15H20N2O2/c1-15(2)7-10(15)14(16-3)9-4-5-12-11(6-9)17-13(18)8-19-12/h4-6,10,14,16H,7-8H2,1-3H3,(H,17,18). The van der Waals surface area contributed by atoms with Gasteiger partial charge >= 0.3 is 0 Å². The Kier molecular flexibility index (Phi) is 2.78. The molecule has 0 aromatic heterocycles. The Balaban J connectivity index is 1.88. The first-order valence-corrected chi connectivity index (χ1v) is 6.75. The summed E-state index contributed by atoms with van der Waals surface area (Å²) >= 11 is 0. The summed E-state index contributed by atoms with van der Waals surface area (Å²) in [5.41, 5.74) is 2.40. The molecule has 4 nitrogen and oxygen atoms in total. The molecule has 19 heavy (non-hydrogen) atoms. The number of carbonyl (C=O) groups excluding carboxylic acids is 1. The van der Waals surface area contributed by atoms with Crippen LogP contribution in [0.3, 0.4) is 0 Å². The summed E-state index contributed by atoms with van der Waals surface area (Å²) in [6.07, 6.45) is 1.23. The first-order valence-electron chi connectivity index (χ1n) is 6.75. The predicted octanol–water partition coefficient (Wildman–Crippen LogP) is 2.32. The number of hydrogen-bond acceptors (Lipinski definition) is 3. The normalized spacial score (nSPS) is 25.0. The van der Waals surface area contributed by atoms with Crippen molar-refractivity contribution in [3.8, 4) is 5.75 Å². The maximum atomic E-state index is 11.4. The van der Waals surface area contributed by atoms with Gasteiger partial charge in [0.05, 0.1) is 5.69 Å². The minimum Gasteiger partial charge on any atom is -0.482 e. The lowest BCUT2D eigenvalue weighted by molar-refractivity contribution is -0.118. The molecule has 1 saturated carbocycles. The number of benzene rings is 1. The fourth-order valence-corrected chi connectivity index (χ4v) is 2.97. The lowest BCUT2D eigenvalue weighted by Crippen LogP contribution is -2.26. The SMILES string of the molecule is CNC(c1ccc2c(c1)NC(=O)CO2)C1CC1(C)C. The van der Waals surface area contributed by atoms with Crippen molar-refractivity contribution in [3.63, 3.8) is 0 Å². The number of ether oxygens (including phenoxy) is 1. The highest BCUT2D eigenvalue weighted by Gasteiger charge is 2.50. The molecule has 2 aliphatic rings. The van der Waals surface area contributed by atoms with E-state index in [1.807, 2.05) is 19.2 Å². The van der Waals surface area contributed by atoms with Crippen LogP contribution in [-0.4, -0.2) is 19.6 Å². The third-order valence-electron chi connectivity index (χ3n) is 4.30. The summed E-state index contributed by atoms with van der Waals surface area (Å²) in [6, 6.07) is 6.40. The molecule has 1 fully saturated rings. The number of fused-ring (bicyclic) bond motifs is 1. The van der Waals surface area contributed by atoms with Crippen LogP contribution in [0.2, 0.25) is 0 Å². The van der Waals surface area contributed by atoms with Crippen LogP contribution < -0.4 is 15.4 Å². The molecule has 0 saturated heterocycles. The summed E-state index contributed by atoms with van der Waals surface area (Å²) in [6.45, 7) is 4.70. The smallest absolute Gasteiger partial charge is 0.262 e. The zero-order chi connectivity index (χ0) is 13.6. The molecular formula is C15H20N2O2. The first kappa shape index (κ1) is 12.5. The molecule has 1 aliphatic heterocycles. The largest absolute Gasteiger partial charge is 0.482 e. The molecule has 0 bridgehead atoms. The molecule has 1 aromatic carbocycles. The molecule has 3 rings (SSSR count). The lowest BCUT2D eigenvalue weighted by Gasteiger charge is -2.23. The van der Waals surface area contributed by atoms with E-state index in [4.69, 9.17) is 4.74 Å². The zero-order valence-electron chi connectivity index (χ0n) is 11.6. The summed E-state index contributed by atoms with van der Waals surface area (Å²) in [5.74, 6) is 1.32. The maximum absolute atomic E-state index is 11.4. The van der Waals surface area contributed by atoms with E-state index in [0.717, 1.165) is 11.4 Å². The van der Waals surface area contributed by atoms with Gasteiger partial charge in [0.1, 0.15) is 5.75 Å². The number of hydrogen-bond donors (Lipinski definition) is 2. The van der Waals surface area contributed by atoms with Gasteiger partial charge in [-0.2, -0.15) is 0 Å². The van der Waals surface area contributed by atoms with E-state index in [0.29, 0.717) is 17.4 Å². The topological polar surface area (TPSA) is 50.4 Å². The highest BCUT2D eigenvalue weighted by molar-refractivity contribution is 5.95. The van der Waals surface area contributed by atoms with Gasteiger partial charge in [-0.1, -0.05) is 19.9 Å². The van der Waals surface area contributed by atoms with Crippen molar-refractivity contribution in [2.75, 3.05) is 19.0 Å². The van der Waals surface area contributed by atoms with Gasteiger partial charge in [0, 0.05) is 6.04 Å². The van der Waals surface area contributed by atoms with Gasteiger partial charge in [-0.25, -0.2) is 0 Å². The van der Waals surface area contributed by atoms with E-state index < -0.39 is 0 Å². The van der Waals surface area contributed by atoms with Crippen LogP contribution in [0.25, 0.3) is 0 Å². The van der Waals surface area contributed by atoms with Gasteiger partial charge in [-0.3, -0.25) is 4.79 Å². The molecule has 1 aliphatic carbocycles. The van der Waals surface area contributed by atoms with Crippen LogP contribution in [0.1, 0.15) is 31.9 Å². The third kappa shape index (κ3) is 2.21. The summed E-state index contributed by atoms with van der Waals surface area (Å²) in [7, 11) is 1.99. The monoisotopic (exact) mass is 260 g/mol. The molecule has 2 atom stereocenters. The van der Waals surface area contributed by atoms with Gasteiger partial charge in [-0.15, -0.1) is 0 Å². The zero-order valence-corrected chi connectivity index (χ0v) is 11.6. The molecule has 102 valence electrons. The molecule has 4 heteroatoms. The number of rotatable bonds is 3. The second-order valence-electron chi connectivity index (χ2n) is 6.16. The van der Waals surface area contributed by atoms with Crippen LogP contribution in [-0.2, 0) is 4.79 Å². The Labute approximate surface area is 113 Å². The Morgan fingerprint density at radius 1 is 1.47 bits per heavy atom. The second-order valence-corrected chi connectivity index (χ2v) is 6.16. The van der Waals surface area contributed by atoms with Gasteiger partial charge in [0.15, 0.2) is 6.61 Å². The van der Waals surface area contributed by atoms with Gasteiger partial charge in [-0.05, 0) is 42.5 Å². The number of amides is 1. The quantitative estimate of drug-likeness (QED) is 0.877. The van der Waals surface area contributed by atoms with E-state index in [-0.39, 0.29) is 12.5 Å². The molecule has 0 radical (unpaired) electrons. The van der Waals surface area contributed by atoms with Crippen molar-refractivity contribution in [2.24, 2.45) is 11.3 Å². The highest BCUT2D eigenvalue weighted by atomic mass is 16.5. The number of anilines is 1. The second kappa shape index (κ2) is 4.23. The molecule has 1 heterocycles. The fraction of sp³-hybridized carbons (Fsp3) is 0.533. The minimum absolute atomic E-state index is 0.0857. The van der Waals surface area contributed by atoms with Crippen LogP contribution in [0.5, 0.6) is 5.75 Å². The van der Waals surface area contributed by atoms with Crippen molar-refractivity contribution in [1.29, 1.82) is 0 Å². The van der Waals surface area contributed by atoms with Crippen molar-refractivity contribution in [3.05, 3.63) is 23.8 Å². The number of nitrogens with one attached hydrogen (secondary N) is 2. The average molecular weight is 260 g/mol. The Morgan fingerprint density at radius 3 is 2.84 bits per heavy atom. The van der Waals surface area contributed by atoms with Gasteiger partial charge in [0.25, 0.3) is 5.91 Å². The maximum Gasteiger partial charge on any atom is 0.262 e. The van der Waals surface area contributed by atoms with Gasteiger partial charge in [0.2, 0.25) is 0 Å². The Bertz CT molecular complexity index is 525. The molecule has 1 aromatic rings. The van der Waals surface area contributed by atoms with Crippen molar-refractivity contribution >= 4 is 11.6 Å². The Morgan fingerprint density at radius 2 is 2.21 bits per heavy atom. The van der Waals surface area contributed by atoms with Crippen molar-refractivity contribution < 1.29 is 9.53 Å².